The Morgan fingerprint density at radius 2 is 2.28 bits per heavy atom. The number of aromatic nitrogens is 1. The van der Waals surface area contributed by atoms with Crippen LogP contribution in [0.3, 0.4) is 0 Å². The van der Waals surface area contributed by atoms with Gasteiger partial charge < -0.3 is 0 Å². The number of hydrogen-bond acceptors (Lipinski definition) is 3. The number of rotatable bonds is 5. The van der Waals surface area contributed by atoms with Crippen molar-refractivity contribution in [3.63, 3.8) is 0 Å². The highest BCUT2D eigenvalue weighted by molar-refractivity contribution is 5.37. The van der Waals surface area contributed by atoms with Crippen LogP contribution in [-0.2, 0) is 4.84 Å². The zero-order valence-corrected chi connectivity index (χ0v) is 11.7. The van der Waals surface area contributed by atoms with Crippen molar-refractivity contribution in [3.8, 4) is 0 Å². The number of nitrogens with zero attached hydrogens (tertiary/aromatic N) is 2. The summed E-state index contributed by atoms with van der Waals surface area (Å²) in [6.45, 7) is 6.74. The van der Waals surface area contributed by atoms with E-state index in [0.29, 0.717) is 18.1 Å². The standard InChI is InChI=1S/C15H24N2O/c1-4-5-8-13-11-14(12(2)3)17(18-13)15-9-6-7-10-16-15/h6-7,9-10,12-14H,4-5,8,11H2,1-3H3/t13-,14-/m0/s1. The normalized spacial score (nSPS) is 23.9. The SMILES string of the molecule is CCCC[C@H]1C[C@@H](C(C)C)N(c2ccccn2)O1. The van der Waals surface area contributed by atoms with Gasteiger partial charge in [0.05, 0.1) is 12.1 Å². The maximum atomic E-state index is 6.09. The lowest BCUT2D eigenvalue weighted by Gasteiger charge is -2.26. The molecule has 0 aliphatic carbocycles. The molecule has 1 aromatic heterocycles. The summed E-state index contributed by atoms with van der Waals surface area (Å²) >= 11 is 0. The Labute approximate surface area is 110 Å². The van der Waals surface area contributed by atoms with Crippen molar-refractivity contribution in [2.75, 3.05) is 5.06 Å². The van der Waals surface area contributed by atoms with Crippen LogP contribution in [0.5, 0.6) is 0 Å². The molecule has 18 heavy (non-hydrogen) atoms. The molecule has 1 aromatic rings. The quantitative estimate of drug-likeness (QED) is 0.792. The Kier molecular flexibility index (Phi) is 4.59. The molecule has 0 amide bonds. The van der Waals surface area contributed by atoms with E-state index in [0.717, 1.165) is 18.7 Å². The Morgan fingerprint density at radius 1 is 1.44 bits per heavy atom. The van der Waals surface area contributed by atoms with E-state index in [-0.39, 0.29) is 0 Å². The Balaban J connectivity index is 2.08. The molecule has 2 heterocycles. The first-order valence-corrected chi connectivity index (χ1v) is 7.09. The smallest absolute Gasteiger partial charge is 0.152 e. The van der Waals surface area contributed by atoms with Crippen molar-refractivity contribution < 1.29 is 4.84 Å². The van der Waals surface area contributed by atoms with E-state index in [1.165, 1.54) is 12.8 Å². The number of unbranched alkanes of at least 4 members (excludes halogenated alkanes) is 1. The van der Waals surface area contributed by atoms with E-state index in [9.17, 15) is 0 Å². The summed E-state index contributed by atoms with van der Waals surface area (Å²) in [5, 5.41) is 2.03. The van der Waals surface area contributed by atoms with Crippen LogP contribution in [0.15, 0.2) is 24.4 Å². The molecule has 0 aromatic carbocycles. The zero-order valence-electron chi connectivity index (χ0n) is 11.7. The summed E-state index contributed by atoms with van der Waals surface area (Å²) in [6, 6.07) is 6.43. The second-order valence-electron chi connectivity index (χ2n) is 5.43. The topological polar surface area (TPSA) is 25.4 Å². The number of anilines is 1. The lowest BCUT2D eigenvalue weighted by Crippen LogP contribution is -2.32. The van der Waals surface area contributed by atoms with E-state index in [2.05, 4.69) is 25.8 Å². The highest BCUT2D eigenvalue weighted by Gasteiger charge is 2.35. The minimum atomic E-state index is 0.361. The van der Waals surface area contributed by atoms with Gasteiger partial charge in [0, 0.05) is 6.20 Å². The molecule has 1 aliphatic rings. The molecule has 0 N–H and O–H groups in total. The molecule has 0 saturated carbocycles. The summed E-state index contributed by atoms with van der Waals surface area (Å²) in [7, 11) is 0. The lowest BCUT2D eigenvalue weighted by molar-refractivity contribution is 0.0728. The minimum absolute atomic E-state index is 0.361. The first-order chi connectivity index (χ1) is 8.72. The monoisotopic (exact) mass is 248 g/mol. The van der Waals surface area contributed by atoms with Gasteiger partial charge in [0.15, 0.2) is 5.82 Å². The maximum Gasteiger partial charge on any atom is 0.152 e. The average Bonchev–Trinajstić information content (AvgIpc) is 2.82. The number of pyridine rings is 1. The van der Waals surface area contributed by atoms with Gasteiger partial charge >= 0.3 is 0 Å². The second kappa shape index (κ2) is 6.19. The van der Waals surface area contributed by atoms with Crippen molar-refractivity contribution in [1.82, 2.24) is 4.98 Å². The molecule has 2 atom stereocenters. The van der Waals surface area contributed by atoms with Gasteiger partial charge in [-0.25, -0.2) is 10.0 Å². The third-order valence-electron chi connectivity index (χ3n) is 3.59. The van der Waals surface area contributed by atoms with Gasteiger partial charge in [-0.3, -0.25) is 4.84 Å². The van der Waals surface area contributed by atoms with E-state index in [4.69, 9.17) is 4.84 Å². The van der Waals surface area contributed by atoms with E-state index in [1.54, 1.807) is 0 Å². The van der Waals surface area contributed by atoms with Crippen molar-refractivity contribution in [3.05, 3.63) is 24.4 Å². The van der Waals surface area contributed by atoms with Gasteiger partial charge in [0.25, 0.3) is 0 Å². The summed E-state index contributed by atoms with van der Waals surface area (Å²) in [4.78, 5) is 10.5. The van der Waals surface area contributed by atoms with Crippen LogP contribution in [-0.4, -0.2) is 17.1 Å². The number of hydrogen-bond donors (Lipinski definition) is 0. The van der Waals surface area contributed by atoms with E-state index >= 15 is 0 Å². The van der Waals surface area contributed by atoms with Crippen LogP contribution in [0.25, 0.3) is 0 Å². The molecule has 1 aliphatic heterocycles. The molecule has 0 spiro atoms. The molecule has 100 valence electrons. The largest absolute Gasteiger partial charge is 0.268 e. The van der Waals surface area contributed by atoms with Gasteiger partial charge in [-0.15, -0.1) is 0 Å². The van der Waals surface area contributed by atoms with Crippen LogP contribution < -0.4 is 5.06 Å². The molecular formula is C15H24N2O. The van der Waals surface area contributed by atoms with Crippen LogP contribution in [0.4, 0.5) is 5.82 Å². The van der Waals surface area contributed by atoms with Crippen molar-refractivity contribution in [2.45, 2.75) is 58.6 Å². The summed E-state index contributed by atoms with van der Waals surface area (Å²) in [6.07, 6.45) is 6.94. The molecule has 2 rings (SSSR count). The molecular weight excluding hydrogens is 224 g/mol. The van der Waals surface area contributed by atoms with Crippen molar-refractivity contribution >= 4 is 5.82 Å². The van der Waals surface area contributed by atoms with E-state index < -0.39 is 0 Å². The fraction of sp³-hybridized carbons (Fsp3) is 0.667. The van der Waals surface area contributed by atoms with Gasteiger partial charge in [-0.05, 0) is 30.9 Å². The van der Waals surface area contributed by atoms with Gasteiger partial charge in [0.2, 0.25) is 0 Å². The summed E-state index contributed by atoms with van der Waals surface area (Å²) in [5.41, 5.74) is 0. The van der Waals surface area contributed by atoms with E-state index in [1.807, 2.05) is 29.5 Å². The highest BCUT2D eigenvalue weighted by Crippen LogP contribution is 2.32. The van der Waals surface area contributed by atoms with Gasteiger partial charge in [0.1, 0.15) is 0 Å². The highest BCUT2D eigenvalue weighted by atomic mass is 16.7. The predicted octanol–water partition coefficient (Wildman–Crippen LogP) is 3.81. The van der Waals surface area contributed by atoms with Crippen molar-refractivity contribution in [1.29, 1.82) is 0 Å². The zero-order chi connectivity index (χ0) is 13.0. The number of hydroxylamine groups is 1. The van der Waals surface area contributed by atoms with Crippen LogP contribution in [0.2, 0.25) is 0 Å². The molecule has 0 bridgehead atoms. The third-order valence-corrected chi connectivity index (χ3v) is 3.59. The fourth-order valence-electron chi connectivity index (χ4n) is 2.50. The second-order valence-corrected chi connectivity index (χ2v) is 5.43. The van der Waals surface area contributed by atoms with Crippen molar-refractivity contribution in [2.24, 2.45) is 5.92 Å². The summed E-state index contributed by atoms with van der Waals surface area (Å²) < 4.78 is 0. The average molecular weight is 248 g/mol. The molecule has 0 unspecified atom stereocenters. The van der Waals surface area contributed by atoms with Gasteiger partial charge in [-0.2, -0.15) is 0 Å². The first kappa shape index (κ1) is 13.3. The Morgan fingerprint density at radius 3 is 2.89 bits per heavy atom. The first-order valence-electron chi connectivity index (χ1n) is 7.09. The fourth-order valence-corrected chi connectivity index (χ4v) is 2.50. The molecule has 3 heteroatoms. The summed E-state index contributed by atoms with van der Waals surface area (Å²) in [5.74, 6) is 1.52. The Hall–Kier alpha value is -1.09. The van der Waals surface area contributed by atoms with Gasteiger partial charge in [-0.1, -0.05) is 39.7 Å². The van der Waals surface area contributed by atoms with Crippen LogP contribution >= 0.6 is 0 Å². The molecule has 1 fully saturated rings. The third kappa shape index (κ3) is 3.02. The van der Waals surface area contributed by atoms with Crippen LogP contribution in [0, 0.1) is 5.92 Å². The Bertz CT molecular complexity index is 353. The molecule has 0 radical (unpaired) electrons. The molecule has 3 nitrogen and oxygen atoms in total. The lowest BCUT2D eigenvalue weighted by atomic mass is 9.97. The minimum Gasteiger partial charge on any atom is -0.268 e. The van der Waals surface area contributed by atoms with Crippen LogP contribution in [0.1, 0.15) is 46.5 Å². The maximum absolute atomic E-state index is 6.09. The predicted molar refractivity (Wildman–Crippen MR) is 74.4 cm³/mol. The molecule has 1 saturated heterocycles.